The molecule has 0 radical (unpaired) electrons. The van der Waals surface area contributed by atoms with Gasteiger partial charge in [0.25, 0.3) is 0 Å². The van der Waals surface area contributed by atoms with Crippen LogP contribution in [0.3, 0.4) is 0 Å². The quantitative estimate of drug-likeness (QED) is 0.499. The molecule has 0 unspecified atom stereocenters. The molecule has 0 heterocycles. The van der Waals surface area contributed by atoms with Gasteiger partial charge in [0.1, 0.15) is 0 Å². The van der Waals surface area contributed by atoms with E-state index in [0.717, 1.165) is 0 Å². The average molecular weight is 165 g/mol. The average Bonchev–Trinajstić information content (AvgIpc) is 1.62. The van der Waals surface area contributed by atoms with Gasteiger partial charge in [0, 0.05) is 12.7 Å². The van der Waals surface area contributed by atoms with Crippen LogP contribution in [0.2, 0.25) is 0 Å². The fourth-order valence-corrected chi connectivity index (χ4v) is 0.287. The summed E-state index contributed by atoms with van der Waals surface area (Å²) in [4.78, 5) is 18.8. The van der Waals surface area contributed by atoms with E-state index >= 15 is 0 Å². The van der Waals surface area contributed by atoms with Crippen LogP contribution in [-0.4, -0.2) is 22.7 Å². The van der Waals surface area contributed by atoms with Gasteiger partial charge in [-0.3, -0.25) is 9.59 Å². The molecule has 5 heteroatoms. The van der Waals surface area contributed by atoms with E-state index in [1.807, 2.05) is 0 Å². The van der Waals surface area contributed by atoms with Crippen LogP contribution in [0.5, 0.6) is 0 Å². The minimum Gasteiger partial charge on any atom is -0.481 e. The van der Waals surface area contributed by atoms with Crippen LogP contribution in [-0.2, 0) is 9.59 Å². The summed E-state index contributed by atoms with van der Waals surface area (Å²) in [5.41, 5.74) is 4.47. The summed E-state index contributed by atoms with van der Waals surface area (Å²) in [7, 11) is 0. The zero-order chi connectivity index (χ0) is 8.57. The lowest BCUT2D eigenvalue weighted by Gasteiger charge is -1.79. The van der Waals surface area contributed by atoms with Crippen LogP contribution in [0.15, 0.2) is 0 Å². The number of thiol groups is 1. The number of carboxylic acids is 1. The van der Waals surface area contributed by atoms with Gasteiger partial charge in [0.2, 0.25) is 5.91 Å². The Balaban J connectivity index is 0. The van der Waals surface area contributed by atoms with E-state index in [9.17, 15) is 9.59 Å². The molecule has 10 heavy (non-hydrogen) atoms. The topological polar surface area (TPSA) is 80.4 Å². The standard InChI is InChI=1S/C3H6O2S.C2H5NO/c4-3(5)1-2-6;1-2(3)4/h6H,1-2H2,(H,4,5);1H3,(H2,3,4). The number of rotatable bonds is 2. The normalized spacial score (nSPS) is 7.40. The molecule has 0 spiro atoms. The lowest BCUT2D eigenvalue weighted by atomic mass is 10.5. The largest absolute Gasteiger partial charge is 0.481 e. The number of primary amides is 1. The Morgan fingerprint density at radius 3 is 1.90 bits per heavy atom. The molecular formula is C5H11NO3S. The third kappa shape index (κ3) is 55.0. The Bertz CT molecular complexity index is 111. The van der Waals surface area contributed by atoms with E-state index in [0.29, 0.717) is 5.75 Å². The Kier molecular flexibility index (Phi) is 9.96. The van der Waals surface area contributed by atoms with Crippen molar-refractivity contribution in [2.24, 2.45) is 5.73 Å². The van der Waals surface area contributed by atoms with E-state index in [1.165, 1.54) is 6.92 Å². The van der Waals surface area contributed by atoms with Crippen LogP contribution in [0.4, 0.5) is 0 Å². The maximum atomic E-state index is 9.55. The van der Waals surface area contributed by atoms with Gasteiger partial charge in [-0.15, -0.1) is 0 Å². The number of amides is 1. The number of hydrogen-bond donors (Lipinski definition) is 3. The van der Waals surface area contributed by atoms with Crippen molar-refractivity contribution in [3.05, 3.63) is 0 Å². The first-order chi connectivity index (χ1) is 4.50. The SMILES string of the molecule is CC(N)=O.O=C(O)CCS. The molecule has 0 aliphatic carbocycles. The lowest BCUT2D eigenvalue weighted by molar-refractivity contribution is -0.136. The molecule has 0 aromatic carbocycles. The van der Waals surface area contributed by atoms with Gasteiger partial charge >= 0.3 is 5.97 Å². The lowest BCUT2D eigenvalue weighted by Crippen LogP contribution is -2.01. The number of nitrogens with two attached hydrogens (primary N) is 1. The smallest absolute Gasteiger partial charge is 0.304 e. The first-order valence-electron chi connectivity index (χ1n) is 2.59. The van der Waals surface area contributed by atoms with Gasteiger partial charge in [-0.1, -0.05) is 0 Å². The summed E-state index contributed by atoms with van der Waals surface area (Å²) in [6.45, 7) is 1.31. The van der Waals surface area contributed by atoms with Crippen LogP contribution >= 0.6 is 12.6 Å². The van der Waals surface area contributed by atoms with Gasteiger partial charge < -0.3 is 10.8 Å². The summed E-state index contributed by atoms with van der Waals surface area (Å²) in [5.74, 6) is -0.694. The Morgan fingerprint density at radius 1 is 1.60 bits per heavy atom. The first-order valence-corrected chi connectivity index (χ1v) is 3.22. The second-order valence-electron chi connectivity index (χ2n) is 1.48. The highest BCUT2D eigenvalue weighted by Gasteiger charge is 1.88. The van der Waals surface area contributed by atoms with Crippen LogP contribution < -0.4 is 5.73 Å². The number of carbonyl (C=O) groups is 2. The molecule has 0 atom stereocenters. The molecule has 4 nitrogen and oxygen atoms in total. The molecule has 0 saturated heterocycles. The summed E-state index contributed by atoms with van der Waals surface area (Å²) in [5, 5.41) is 7.86. The van der Waals surface area contributed by atoms with Crippen molar-refractivity contribution in [2.75, 3.05) is 5.75 Å². The molecule has 0 bridgehead atoms. The van der Waals surface area contributed by atoms with E-state index in [2.05, 4.69) is 18.4 Å². The predicted octanol–water partition coefficient (Wildman–Crippen LogP) is -0.118. The van der Waals surface area contributed by atoms with Gasteiger partial charge in [-0.2, -0.15) is 12.6 Å². The van der Waals surface area contributed by atoms with Crippen molar-refractivity contribution < 1.29 is 14.7 Å². The fourth-order valence-electron chi connectivity index (χ4n) is 0.0956. The first kappa shape index (κ1) is 12.0. The number of carbonyl (C=O) groups excluding carboxylic acids is 1. The minimum absolute atomic E-state index is 0.156. The summed E-state index contributed by atoms with van der Waals surface area (Å²) in [6.07, 6.45) is 0.156. The number of carboxylic acid groups (broad SMARTS) is 1. The Labute approximate surface area is 64.8 Å². The third-order valence-corrected chi connectivity index (χ3v) is 0.549. The molecule has 0 aliphatic rings. The minimum atomic E-state index is -0.787. The van der Waals surface area contributed by atoms with E-state index in [-0.39, 0.29) is 12.3 Å². The van der Waals surface area contributed by atoms with Crippen LogP contribution in [0.1, 0.15) is 13.3 Å². The van der Waals surface area contributed by atoms with Gasteiger partial charge in [-0.25, -0.2) is 0 Å². The van der Waals surface area contributed by atoms with Gasteiger partial charge in [0.15, 0.2) is 0 Å². The molecule has 0 aliphatic heterocycles. The van der Waals surface area contributed by atoms with Crippen LogP contribution in [0, 0.1) is 0 Å². The van der Waals surface area contributed by atoms with Crippen LogP contribution in [0.25, 0.3) is 0 Å². The Morgan fingerprint density at radius 2 is 1.90 bits per heavy atom. The highest BCUT2D eigenvalue weighted by atomic mass is 32.1. The van der Waals surface area contributed by atoms with Gasteiger partial charge in [-0.05, 0) is 0 Å². The fraction of sp³-hybridized carbons (Fsp3) is 0.600. The zero-order valence-electron chi connectivity index (χ0n) is 5.70. The molecule has 0 aromatic rings. The van der Waals surface area contributed by atoms with Crippen molar-refractivity contribution in [1.29, 1.82) is 0 Å². The van der Waals surface area contributed by atoms with Crippen molar-refractivity contribution in [1.82, 2.24) is 0 Å². The van der Waals surface area contributed by atoms with Crippen molar-refractivity contribution in [3.8, 4) is 0 Å². The van der Waals surface area contributed by atoms with Crippen molar-refractivity contribution >= 4 is 24.5 Å². The third-order valence-electron chi connectivity index (χ3n) is 0.326. The molecule has 3 N–H and O–H groups in total. The molecule has 0 fully saturated rings. The molecule has 1 amide bonds. The molecule has 0 aromatic heterocycles. The predicted molar refractivity (Wildman–Crippen MR) is 41.0 cm³/mol. The van der Waals surface area contributed by atoms with E-state index in [4.69, 9.17) is 5.11 Å². The zero-order valence-corrected chi connectivity index (χ0v) is 6.60. The summed E-state index contributed by atoms with van der Waals surface area (Å²) >= 11 is 3.68. The highest BCUT2D eigenvalue weighted by molar-refractivity contribution is 7.80. The number of hydrogen-bond acceptors (Lipinski definition) is 3. The highest BCUT2D eigenvalue weighted by Crippen LogP contribution is 1.79. The molecule has 60 valence electrons. The molecule has 0 rings (SSSR count). The van der Waals surface area contributed by atoms with Crippen molar-refractivity contribution in [3.63, 3.8) is 0 Å². The summed E-state index contributed by atoms with van der Waals surface area (Å²) < 4.78 is 0. The second kappa shape index (κ2) is 8.29. The van der Waals surface area contributed by atoms with E-state index < -0.39 is 5.97 Å². The molecular weight excluding hydrogens is 154 g/mol. The summed E-state index contributed by atoms with van der Waals surface area (Å²) in [6, 6.07) is 0. The second-order valence-corrected chi connectivity index (χ2v) is 1.93. The monoisotopic (exact) mass is 165 g/mol. The van der Waals surface area contributed by atoms with Crippen molar-refractivity contribution in [2.45, 2.75) is 13.3 Å². The maximum Gasteiger partial charge on any atom is 0.304 e. The maximum absolute atomic E-state index is 9.55. The van der Waals surface area contributed by atoms with E-state index in [1.54, 1.807) is 0 Å². The molecule has 0 saturated carbocycles. The Hall–Kier alpha value is -0.710. The van der Waals surface area contributed by atoms with Gasteiger partial charge in [0.05, 0.1) is 6.42 Å². The number of aliphatic carboxylic acids is 1.